The molecule has 152 valence electrons. The van der Waals surface area contributed by atoms with Crippen LogP contribution in [0.1, 0.15) is 75.4 Å². The number of benzene rings is 2. The summed E-state index contributed by atoms with van der Waals surface area (Å²) in [6, 6.07) is 5.90. The normalized spacial score (nSPS) is 21.3. The summed E-state index contributed by atoms with van der Waals surface area (Å²) in [5.41, 5.74) is 2.08. The van der Waals surface area contributed by atoms with Crippen LogP contribution in [0.15, 0.2) is 40.8 Å². The van der Waals surface area contributed by atoms with Gasteiger partial charge in [0.05, 0.1) is 14.9 Å². The number of rotatable bonds is 3. The van der Waals surface area contributed by atoms with E-state index in [0.29, 0.717) is 27.6 Å². The molecule has 2 heterocycles. The largest absolute Gasteiger partial charge is 0.466 e. The van der Waals surface area contributed by atoms with Crippen molar-refractivity contribution in [2.75, 3.05) is 0 Å². The molecule has 3 heteroatoms. The van der Waals surface area contributed by atoms with Gasteiger partial charge in [0.1, 0.15) is 18.2 Å². The molecule has 4 rings (SSSR count). The lowest BCUT2D eigenvalue weighted by Gasteiger charge is -2.11. The topological polar surface area (TPSA) is 21.4 Å². The number of pyridine rings is 1. The van der Waals surface area contributed by atoms with Crippen molar-refractivity contribution in [3.05, 3.63) is 70.2 Å². The number of aryl methyl sites for hydroxylation is 1. The van der Waals surface area contributed by atoms with Crippen molar-refractivity contribution in [1.29, 1.82) is 0 Å². The van der Waals surface area contributed by atoms with E-state index in [-0.39, 0.29) is 45.8 Å². The SMILES string of the molecule is [2H]c1c(C([2H])(C)C([2H])([2H])[2H])c([2H])c(-c2c(C)ccc3c2oc2c([N+]#[C-])cc(C([2H])(C)C([2H])([2H])[2H])cc23)[n+](C)c1C. The molecule has 2 aromatic heterocycles. The van der Waals surface area contributed by atoms with Gasteiger partial charge in [0.15, 0.2) is 5.69 Å². The van der Waals surface area contributed by atoms with Crippen molar-refractivity contribution in [3.8, 4) is 11.3 Å². The minimum absolute atomic E-state index is 0.0324. The Morgan fingerprint density at radius 3 is 2.50 bits per heavy atom. The van der Waals surface area contributed by atoms with Crippen LogP contribution in [0.5, 0.6) is 0 Å². The molecule has 3 nitrogen and oxygen atoms in total. The Morgan fingerprint density at radius 2 is 1.80 bits per heavy atom. The Bertz CT molecular complexity index is 1740. The number of furan rings is 1. The van der Waals surface area contributed by atoms with Gasteiger partial charge in [0.25, 0.3) is 0 Å². The van der Waals surface area contributed by atoms with Crippen LogP contribution in [0.2, 0.25) is 0 Å². The Hall–Kier alpha value is -3.12. The van der Waals surface area contributed by atoms with E-state index in [9.17, 15) is 0 Å². The first-order chi connectivity index (χ1) is 18.2. The van der Waals surface area contributed by atoms with E-state index in [0.717, 1.165) is 0 Å². The van der Waals surface area contributed by atoms with Gasteiger partial charge in [-0.15, -0.1) is 0 Å². The minimum Gasteiger partial charge on any atom is -0.466 e. The highest BCUT2D eigenvalue weighted by Crippen LogP contribution is 2.42. The maximum absolute atomic E-state index is 9.08. The molecule has 2 aromatic carbocycles. The van der Waals surface area contributed by atoms with Crippen LogP contribution in [0, 0.1) is 20.4 Å². The number of nitrogens with zero attached hydrogens (tertiary/aromatic N) is 2. The van der Waals surface area contributed by atoms with Crippen LogP contribution in [0.3, 0.4) is 0 Å². The minimum atomic E-state index is -2.81. The smallest absolute Gasteiger partial charge is 0.229 e. The second kappa shape index (κ2) is 7.29. The van der Waals surface area contributed by atoms with Gasteiger partial charge in [0.2, 0.25) is 11.4 Å². The van der Waals surface area contributed by atoms with E-state index in [1.807, 2.05) is 0 Å². The average molecular weight is 408 g/mol. The number of aromatic nitrogens is 1. The summed E-state index contributed by atoms with van der Waals surface area (Å²) in [6.07, 6.45) is 0. The van der Waals surface area contributed by atoms with Gasteiger partial charge < -0.3 is 4.42 Å². The molecule has 0 amide bonds. The van der Waals surface area contributed by atoms with Crippen LogP contribution >= 0.6 is 0 Å². The zero-order valence-corrected chi connectivity index (χ0v) is 17.6. The van der Waals surface area contributed by atoms with E-state index in [2.05, 4.69) is 4.85 Å². The molecular formula is C27H29N2O+. The van der Waals surface area contributed by atoms with Gasteiger partial charge in [-0.2, -0.15) is 4.57 Å². The molecule has 0 spiro atoms. The zero-order chi connectivity index (χ0) is 30.3. The van der Waals surface area contributed by atoms with Crippen LogP contribution in [-0.4, -0.2) is 0 Å². The highest BCUT2D eigenvalue weighted by atomic mass is 16.3. The zero-order valence-electron chi connectivity index (χ0n) is 27.6. The lowest BCUT2D eigenvalue weighted by molar-refractivity contribution is -0.666. The fraction of sp³-hybridized carbons (Fsp3) is 0.333. The van der Waals surface area contributed by atoms with Gasteiger partial charge in [-0.3, -0.25) is 0 Å². The Kier molecular flexibility index (Phi) is 2.75. The summed E-state index contributed by atoms with van der Waals surface area (Å²) in [5, 5.41) is 0.945. The summed E-state index contributed by atoms with van der Waals surface area (Å²) in [7, 11) is 1.65. The first-order valence-electron chi connectivity index (χ1n) is 14.6. The molecule has 4 aromatic rings. The van der Waals surface area contributed by atoms with Crippen molar-refractivity contribution < 1.29 is 22.7 Å². The lowest BCUT2D eigenvalue weighted by Crippen LogP contribution is -2.35. The van der Waals surface area contributed by atoms with Crippen molar-refractivity contribution in [1.82, 2.24) is 0 Å². The maximum atomic E-state index is 9.08. The molecule has 0 saturated heterocycles. The van der Waals surface area contributed by atoms with Crippen LogP contribution in [0.25, 0.3) is 38.0 Å². The predicted molar refractivity (Wildman–Crippen MR) is 124 cm³/mol. The molecule has 0 saturated carbocycles. The molecule has 0 bridgehead atoms. The average Bonchev–Trinajstić information content (AvgIpc) is 3.20. The molecule has 0 fully saturated rings. The van der Waals surface area contributed by atoms with Gasteiger partial charge in [-0.25, -0.2) is 4.85 Å². The summed E-state index contributed by atoms with van der Waals surface area (Å²) < 4.78 is 90.2. The fourth-order valence-electron chi connectivity index (χ4n) is 3.70. The highest BCUT2D eigenvalue weighted by molar-refractivity contribution is 6.13. The van der Waals surface area contributed by atoms with E-state index in [1.165, 1.54) is 26.0 Å². The van der Waals surface area contributed by atoms with Crippen LogP contribution in [-0.2, 0) is 7.05 Å². The number of hydrogen-bond donors (Lipinski definition) is 0. The second-order valence-electron chi connectivity index (χ2n) is 7.59. The quantitative estimate of drug-likeness (QED) is 0.254. The van der Waals surface area contributed by atoms with Crippen molar-refractivity contribution in [2.24, 2.45) is 7.05 Å². The summed E-state index contributed by atoms with van der Waals surface area (Å²) in [5.74, 6) is -4.24. The summed E-state index contributed by atoms with van der Waals surface area (Å²) in [6.45, 7) is 8.10. The molecule has 2 unspecified atom stereocenters. The lowest BCUT2D eigenvalue weighted by atomic mass is 9.95. The third-order valence-corrected chi connectivity index (χ3v) is 5.48. The maximum Gasteiger partial charge on any atom is 0.229 e. The van der Waals surface area contributed by atoms with Crippen molar-refractivity contribution >= 4 is 27.6 Å². The van der Waals surface area contributed by atoms with E-state index < -0.39 is 25.5 Å². The van der Waals surface area contributed by atoms with E-state index >= 15 is 0 Å². The van der Waals surface area contributed by atoms with Gasteiger partial charge in [-0.1, -0.05) is 45.2 Å². The summed E-state index contributed by atoms with van der Waals surface area (Å²) in [4.78, 5) is 3.54. The van der Waals surface area contributed by atoms with Crippen LogP contribution < -0.4 is 4.57 Å². The molecule has 0 aliphatic carbocycles. The highest BCUT2D eigenvalue weighted by Gasteiger charge is 2.24. The van der Waals surface area contributed by atoms with Crippen molar-refractivity contribution in [3.63, 3.8) is 0 Å². The Balaban J connectivity index is 2.18. The molecule has 2 atom stereocenters. The van der Waals surface area contributed by atoms with Gasteiger partial charge >= 0.3 is 0 Å². The molecular weight excluding hydrogens is 368 g/mol. The third kappa shape index (κ3) is 3.08. The monoisotopic (exact) mass is 407 g/mol. The molecule has 0 N–H and O–H groups in total. The van der Waals surface area contributed by atoms with E-state index in [1.54, 1.807) is 37.6 Å². The fourth-order valence-corrected chi connectivity index (χ4v) is 3.70. The number of fused-ring (bicyclic) bond motifs is 3. The van der Waals surface area contributed by atoms with Crippen molar-refractivity contribution in [2.45, 2.75) is 53.2 Å². The Morgan fingerprint density at radius 1 is 1.07 bits per heavy atom. The van der Waals surface area contributed by atoms with Gasteiger partial charge in [-0.05, 0) is 42.0 Å². The molecule has 0 aliphatic heterocycles. The summed E-state index contributed by atoms with van der Waals surface area (Å²) >= 11 is 0. The number of hydrogen-bond acceptors (Lipinski definition) is 1. The first kappa shape index (κ1) is 11.3. The molecule has 0 aliphatic rings. The third-order valence-electron chi connectivity index (χ3n) is 5.48. The first-order valence-corrected chi connectivity index (χ1v) is 9.57. The Labute approximate surface area is 192 Å². The molecule has 0 radical (unpaired) electrons. The predicted octanol–water partition coefficient (Wildman–Crippen LogP) is 7.49. The second-order valence-corrected chi connectivity index (χ2v) is 7.59. The van der Waals surface area contributed by atoms with Crippen LogP contribution in [0.4, 0.5) is 5.69 Å². The molecule has 30 heavy (non-hydrogen) atoms. The standard InChI is InChI=1S/C27H29N2O/c1-15(2)19-11-18(6)29(8)24(14-19)25-17(5)9-10-21-22-12-20(16(3)4)13-23(28-7)26(22)30-27(21)25/h9-16H,1-6,8H3/q+1/i1D3,3D3,11D,14D,15D,16D. The van der Waals surface area contributed by atoms with Gasteiger partial charge in [0, 0.05) is 40.7 Å². The van der Waals surface area contributed by atoms with E-state index in [4.69, 9.17) is 24.7 Å².